The zero-order valence-electron chi connectivity index (χ0n) is 9.79. The van der Waals surface area contributed by atoms with E-state index in [0.29, 0.717) is 0 Å². The molecule has 2 unspecified atom stereocenters. The maximum Gasteiger partial charge on any atom is 0.407 e. The summed E-state index contributed by atoms with van der Waals surface area (Å²) in [5.41, 5.74) is 0. The summed E-state index contributed by atoms with van der Waals surface area (Å²) in [4.78, 5) is 12.6. The van der Waals surface area contributed by atoms with Gasteiger partial charge in [0.25, 0.3) is 0 Å². The topological polar surface area (TPSA) is 40.5 Å². The van der Waals surface area contributed by atoms with E-state index in [1.54, 1.807) is 4.90 Å². The van der Waals surface area contributed by atoms with Crippen molar-refractivity contribution in [3.63, 3.8) is 0 Å². The van der Waals surface area contributed by atoms with Crippen molar-refractivity contribution in [1.82, 2.24) is 4.90 Å². The van der Waals surface area contributed by atoms with Crippen molar-refractivity contribution < 1.29 is 9.90 Å². The van der Waals surface area contributed by atoms with Crippen LogP contribution in [0, 0.1) is 0 Å². The van der Waals surface area contributed by atoms with Crippen LogP contribution in [0.5, 0.6) is 0 Å². The first-order valence-corrected chi connectivity index (χ1v) is 5.55. The summed E-state index contributed by atoms with van der Waals surface area (Å²) in [5.74, 6) is 0. The van der Waals surface area contributed by atoms with Gasteiger partial charge in [-0.2, -0.15) is 0 Å². The van der Waals surface area contributed by atoms with Gasteiger partial charge >= 0.3 is 6.09 Å². The third-order valence-electron chi connectivity index (χ3n) is 2.58. The summed E-state index contributed by atoms with van der Waals surface area (Å²) in [6, 6.07) is 0.276. The van der Waals surface area contributed by atoms with Crippen LogP contribution in [0.25, 0.3) is 0 Å². The number of carbonyl (C=O) groups is 1. The van der Waals surface area contributed by atoms with Gasteiger partial charge in [0.05, 0.1) is 0 Å². The van der Waals surface area contributed by atoms with Crippen LogP contribution in [0.3, 0.4) is 0 Å². The van der Waals surface area contributed by atoms with Gasteiger partial charge in [-0.3, -0.25) is 0 Å². The summed E-state index contributed by atoms with van der Waals surface area (Å²) in [7, 11) is 0. The van der Waals surface area contributed by atoms with Crippen LogP contribution in [0.2, 0.25) is 0 Å². The van der Waals surface area contributed by atoms with Gasteiger partial charge in [0.1, 0.15) is 0 Å². The van der Waals surface area contributed by atoms with E-state index in [0.717, 1.165) is 25.7 Å². The van der Waals surface area contributed by atoms with Crippen molar-refractivity contribution >= 4 is 6.09 Å². The molecule has 0 spiro atoms. The average molecular weight is 201 g/mol. The Morgan fingerprint density at radius 2 is 1.50 bits per heavy atom. The van der Waals surface area contributed by atoms with Gasteiger partial charge in [0, 0.05) is 12.1 Å². The molecule has 0 aromatic rings. The van der Waals surface area contributed by atoms with Crippen LogP contribution in [-0.2, 0) is 0 Å². The Bertz CT molecular complexity index is 159. The number of hydrogen-bond donors (Lipinski definition) is 1. The van der Waals surface area contributed by atoms with E-state index in [-0.39, 0.29) is 12.1 Å². The lowest BCUT2D eigenvalue weighted by molar-refractivity contribution is 0.101. The minimum absolute atomic E-state index is 0.138. The van der Waals surface area contributed by atoms with Gasteiger partial charge in [-0.15, -0.1) is 0 Å². The summed E-state index contributed by atoms with van der Waals surface area (Å²) < 4.78 is 0. The number of rotatable bonds is 6. The molecular formula is C11H23NO2. The van der Waals surface area contributed by atoms with Crippen molar-refractivity contribution in [1.29, 1.82) is 0 Å². The van der Waals surface area contributed by atoms with Gasteiger partial charge in [-0.25, -0.2) is 4.79 Å². The van der Waals surface area contributed by atoms with Crippen molar-refractivity contribution in [3.8, 4) is 0 Å². The molecule has 0 saturated heterocycles. The van der Waals surface area contributed by atoms with Crippen LogP contribution in [-0.4, -0.2) is 28.2 Å². The van der Waals surface area contributed by atoms with Crippen LogP contribution in [0.1, 0.15) is 53.4 Å². The molecule has 0 fully saturated rings. The fourth-order valence-corrected chi connectivity index (χ4v) is 1.93. The molecule has 0 aromatic heterocycles. The predicted octanol–water partition coefficient (Wildman–Crippen LogP) is 3.34. The molecule has 3 nitrogen and oxygen atoms in total. The quantitative estimate of drug-likeness (QED) is 0.716. The van der Waals surface area contributed by atoms with E-state index in [1.807, 2.05) is 13.8 Å². The maximum atomic E-state index is 11.1. The van der Waals surface area contributed by atoms with Crippen LogP contribution in [0.15, 0.2) is 0 Å². The molecule has 0 radical (unpaired) electrons. The second-order valence-corrected chi connectivity index (χ2v) is 3.97. The molecule has 0 rings (SSSR count). The smallest absolute Gasteiger partial charge is 0.407 e. The Hall–Kier alpha value is -0.730. The fourth-order valence-electron chi connectivity index (χ4n) is 1.93. The normalized spacial score (nSPS) is 14.9. The second-order valence-electron chi connectivity index (χ2n) is 3.97. The summed E-state index contributed by atoms with van der Waals surface area (Å²) in [6.07, 6.45) is 3.17. The first-order chi connectivity index (χ1) is 6.54. The lowest BCUT2D eigenvalue weighted by Crippen LogP contribution is -2.43. The van der Waals surface area contributed by atoms with E-state index in [9.17, 15) is 4.79 Å². The Kier molecular flexibility index (Phi) is 6.34. The minimum Gasteiger partial charge on any atom is -0.465 e. The largest absolute Gasteiger partial charge is 0.465 e. The standard InChI is InChI=1S/C11H23NO2/c1-5-7-9(3)12(11(13)14)10(4)8-6-2/h9-10H,5-8H2,1-4H3,(H,13,14). The fraction of sp³-hybridized carbons (Fsp3) is 0.909. The molecule has 1 N–H and O–H groups in total. The predicted molar refractivity (Wildman–Crippen MR) is 58.6 cm³/mol. The lowest BCUT2D eigenvalue weighted by atomic mass is 10.1. The SMILES string of the molecule is CCCC(C)N(C(=O)O)C(C)CCC. The molecule has 0 aliphatic carbocycles. The Morgan fingerprint density at radius 1 is 1.14 bits per heavy atom. The van der Waals surface area contributed by atoms with Crippen molar-refractivity contribution in [2.75, 3.05) is 0 Å². The Labute approximate surface area is 87.1 Å². The first kappa shape index (κ1) is 13.3. The number of hydrogen-bond acceptors (Lipinski definition) is 1. The summed E-state index contributed by atoms with van der Waals surface area (Å²) in [5, 5.41) is 9.09. The second kappa shape index (κ2) is 6.68. The highest BCUT2D eigenvalue weighted by atomic mass is 16.4. The van der Waals surface area contributed by atoms with Crippen molar-refractivity contribution in [3.05, 3.63) is 0 Å². The van der Waals surface area contributed by atoms with Gasteiger partial charge in [-0.05, 0) is 26.7 Å². The van der Waals surface area contributed by atoms with Crippen molar-refractivity contribution in [2.24, 2.45) is 0 Å². The highest BCUT2D eigenvalue weighted by Gasteiger charge is 2.23. The number of nitrogens with zero attached hydrogens (tertiary/aromatic N) is 1. The van der Waals surface area contributed by atoms with Gasteiger partial charge < -0.3 is 10.0 Å². The molecule has 0 aromatic carbocycles. The molecule has 84 valence electrons. The zero-order valence-corrected chi connectivity index (χ0v) is 9.79. The van der Waals surface area contributed by atoms with Crippen molar-refractivity contribution in [2.45, 2.75) is 65.5 Å². The molecule has 0 bridgehead atoms. The highest BCUT2D eigenvalue weighted by Crippen LogP contribution is 2.14. The molecule has 1 amide bonds. The van der Waals surface area contributed by atoms with Crippen LogP contribution < -0.4 is 0 Å². The monoisotopic (exact) mass is 201 g/mol. The molecule has 0 aliphatic rings. The maximum absolute atomic E-state index is 11.1. The third-order valence-corrected chi connectivity index (χ3v) is 2.58. The molecule has 0 saturated carbocycles. The van der Waals surface area contributed by atoms with E-state index < -0.39 is 6.09 Å². The molecule has 3 heteroatoms. The van der Waals surface area contributed by atoms with Gasteiger partial charge in [0.2, 0.25) is 0 Å². The molecular weight excluding hydrogens is 178 g/mol. The van der Waals surface area contributed by atoms with E-state index in [2.05, 4.69) is 13.8 Å². The number of carboxylic acid groups (broad SMARTS) is 1. The molecule has 0 heterocycles. The van der Waals surface area contributed by atoms with E-state index >= 15 is 0 Å². The minimum atomic E-state index is -0.785. The Balaban J connectivity index is 4.33. The number of amides is 1. The first-order valence-electron chi connectivity index (χ1n) is 5.55. The molecule has 0 aliphatic heterocycles. The lowest BCUT2D eigenvalue weighted by Gasteiger charge is -2.32. The zero-order chi connectivity index (χ0) is 11.1. The summed E-state index contributed by atoms with van der Waals surface area (Å²) in [6.45, 7) is 8.15. The third kappa shape index (κ3) is 3.99. The van der Waals surface area contributed by atoms with E-state index in [1.165, 1.54) is 0 Å². The van der Waals surface area contributed by atoms with Gasteiger partial charge in [-0.1, -0.05) is 26.7 Å². The molecule has 2 atom stereocenters. The Morgan fingerprint density at radius 3 is 1.71 bits per heavy atom. The van der Waals surface area contributed by atoms with Crippen LogP contribution in [0.4, 0.5) is 4.79 Å². The summed E-state index contributed by atoms with van der Waals surface area (Å²) >= 11 is 0. The van der Waals surface area contributed by atoms with Gasteiger partial charge in [0.15, 0.2) is 0 Å². The highest BCUT2D eigenvalue weighted by molar-refractivity contribution is 5.65. The molecule has 14 heavy (non-hydrogen) atoms. The van der Waals surface area contributed by atoms with E-state index in [4.69, 9.17) is 5.11 Å². The van der Waals surface area contributed by atoms with Crippen LogP contribution >= 0.6 is 0 Å². The average Bonchev–Trinajstić information content (AvgIpc) is 2.04.